The van der Waals surface area contributed by atoms with Gasteiger partial charge in [0.1, 0.15) is 17.6 Å². The van der Waals surface area contributed by atoms with Gasteiger partial charge >= 0.3 is 12.1 Å². The van der Waals surface area contributed by atoms with E-state index in [-0.39, 0.29) is 11.2 Å². The summed E-state index contributed by atoms with van der Waals surface area (Å²) in [6.45, 7) is 7.89. The van der Waals surface area contributed by atoms with Gasteiger partial charge in [0.05, 0.1) is 28.9 Å². The van der Waals surface area contributed by atoms with Crippen LogP contribution in [-0.4, -0.2) is 80.5 Å². The Morgan fingerprint density at radius 3 is 2.23 bits per heavy atom. The number of alkyl halides is 3. The van der Waals surface area contributed by atoms with E-state index in [0.29, 0.717) is 25.4 Å². The third kappa shape index (κ3) is 8.02. The number of ether oxygens (including phenoxy) is 2. The van der Waals surface area contributed by atoms with Crippen LogP contribution >= 0.6 is 23.5 Å². The fourth-order valence-electron chi connectivity index (χ4n) is 6.02. The van der Waals surface area contributed by atoms with Crippen molar-refractivity contribution in [2.24, 2.45) is 0 Å². The van der Waals surface area contributed by atoms with E-state index in [1.165, 1.54) is 35.7 Å². The van der Waals surface area contributed by atoms with Crippen LogP contribution in [0.5, 0.6) is 5.75 Å². The SMILES string of the molecule is COc1cc2ccccc2cc1SC(C)C(=O)OCCN1CCN(CCCN2c3ccccc3Sc3ccc(C(F)(F)F)cc32)CC1. The standard InChI is InChI=1S/C36H38F3N3O3S2/c1-25(46-34-23-27-9-4-3-8-26(27)22-31(34)44-2)35(43)45-21-20-41-18-16-40(17-19-41)14-7-15-42-29-10-5-6-11-32(29)47-33-13-12-28(24-30(33)42)36(37,38)39/h3-6,8-13,22-25H,7,14-21H2,1-2H3. The Kier molecular flexibility index (Phi) is 10.6. The topological polar surface area (TPSA) is 45.3 Å². The van der Waals surface area contributed by atoms with Crippen LogP contribution in [0.15, 0.2) is 93.5 Å². The smallest absolute Gasteiger partial charge is 0.416 e. The maximum atomic E-state index is 13.5. The molecule has 11 heteroatoms. The van der Waals surface area contributed by atoms with Gasteiger partial charge in [0.15, 0.2) is 0 Å². The first-order chi connectivity index (χ1) is 22.7. The minimum absolute atomic E-state index is 0.245. The Morgan fingerprint density at radius 1 is 0.851 bits per heavy atom. The number of piperazine rings is 1. The van der Waals surface area contributed by atoms with E-state index < -0.39 is 11.7 Å². The van der Waals surface area contributed by atoms with Gasteiger partial charge in [-0.15, -0.1) is 11.8 Å². The molecule has 1 unspecified atom stereocenters. The molecule has 1 saturated heterocycles. The molecule has 1 fully saturated rings. The van der Waals surface area contributed by atoms with Gasteiger partial charge in [-0.05, 0) is 73.1 Å². The molecule has 0 N–H and O–H groups in total. The number of carbonyl (C=O) groups is 1. The Morgan fingerprint density at radius 2 is 1.51 bits per heavy atom. The van der Waals surface area contributed by atoms with Crippen molar-refractivity contribution in [2.75, 3.05) is 64.4 Å². The minimum atomic E-state index is -4.39. The van der Waals surface area contributed by atoms with E-state index in [1.807, 2.05) is 66.4 Å². The van der Waals surface area contributed by atoms with Gasteiger partial charge in [-0.25, -0.2) is 0 Å². The summed E-state index contributed by atoms with van der Waals surface area (Å²) < 4.78 is 51.9. The van der Waals surface area contributed by atoms with Crippen LogP contribution in [0.3, 0.4) is 0 Å². The molecular weight excluding hydrogens is 644 g/mol. The fraction of sp³-hybridized carbons (Fsp3) is 0.361. The number of hydrogen-bond acceptors (Lipinski definition) is 8. The molecule has 0 radical (unpaired) electrons. The number of rotatable bonds is 11. The summed E-state index contributed by atoms with van der Waals surface area (Å²) in [5, 5.41) is 1.81. The van der Waals surface area contributed by atoms with E-state index in [2.05, 4.69) is 15.9 Å². The van der Waals surface area contributed by atoms with Crippen LogP contribution in [0.4, 0.5) is 24.5 Å². The van der Waals surface area contributed by atoms with E-state index in [4.69, 9.17) is 9.47 Å². The largest absolute Gasteiger partial charge is 0.496 e. The monoisotopic (exact) mass is 681 g/mol. The zero-order chi connectivity index (χ0) is 33.0. The average molecular weight is 682 g/mol. The minimum Gasteiger partial charge on any atom is -0.496 e. The van der Waals surface area contributed by atoms with Crippen molar-refractivity contribution < 1.29 is 27.4 Å². The number of anilines is 2. The van der Waals surface area contributed by atoms with Crippen molar-refractivity contribution >= 4 is 51.6 Å². The van der Waals surface area contributed by atoms with Crippen molar-refractivity contribution in [3.05, 3.63) is 84.4 Å². The Balaban J connectivity index is 0.949. The lowest BCUT2D eigenvalue weighted by Gasteiger charge is -2.36. The summed E-state index contributed by atoms with van der Waals surface area (Å²) >= 11 is 2.96. The second-order valence-electron chi connectivity index (χ2n) is 11.7. The Labute approximate surface area is 282 Å². The van der Waals surface area contributed by atoms with Gasteiger partial charge in [0.2, 0.25) is 0 Å². The third-order valence-corrected chi connectivity index (χ3v) is 10.8. The van der Waals surface area contributed by atoms with Gasteiger partial charge in [0, 0.05) is 49.1 Å². The van der Waals surface area contributed by atoms with Crippen molar-refractivity contribution in [1.82, 2.24) is 9.80 Å². The van der Waals surface area contributed by atoms with Crippen LogP contribution in [0.25, 0.3) is 10.8 Å². The molecule has 248 valence electrons. The quantitative estimate of drug-likeness (QED) is 0.116. The molecular formula is C36H38F3N3O3S2. The molecule has 1 atom stereocenters. The fourth-order valence-corrected chi connectivity index (χ4v) is 8.09. The summed E-state index contributed by atoms with van der Waals surface area (Å²) in [4.78, 5) is 22.3. The number of halogens is 3. The number of para-hydroxylation sites is 1. The van der Waals surface area contributed by atoms with Gasteiger partial charge in [-0.3, -0.25) is 9.69 Å². The molecule has 4 aromatic carbocycles. The number of fused-ring (bicyclic) bond motifs is 3. The number of thioether (sulfide) groups is 1. The van der Waals surface area contributed by atoms with Crippen LogP contribution < -0.4 is 9.64 Å². The number of carbonyl (C=O) groups excluding carboxylic acids is 1. The van der Waals surface area contributed by atoms with Gasteiger partial charge in [-0.2, -0.15) is 13.2 Å². The van der Waals surface area contributed by atoms with Gasteiger partial charge in [0.25, 0.3) is 0 Å². The normalized spacial score (nSPS) is 16.1. The zero-order valence-electron chi connectivity index (χ0n) is 26.5. The summed E-state index contributed by atoms with van der Waals surface area (Å²) in [5.74, 6) is 0.497. The molecule has 0 amide bonds. The predicted octanol–water partition coefficient (Wildman–Crippen LogP) is 8.20. The lowest BCUT2D eigenvalue weighted by molar-refractivity contribution is -0.143. The highest BCUT2D eigenvalue weighted by molar-refractivity contribution is 8.00. The molecule has 0 bridgehead atoms. The Bertz CT molecular complexity index is 1710. The number of nitrogens with zero attached hydrogens (tertiary/aromatic N) is 3. The summed E-state index contributed by atoms with van der Waals surface area (Å²) in [7, 11) is 1.64. The molecule has 6 nitrogen and oxygen atoms in total. The molecule has 2 aliphatic heterocycles. The molecule has 2 heterocycles. The molecule has 0 aromatic heterocycles. The van der Waals surface area contributed by atoms with E-state index in [1.54, 1.807) is 13.2 Å². The maximum absolute atomic E-state index is 13.5. The van der Waals surface area contributed by atoms with Crippen LogP contribution in [0.1, 0.15) is 18.9 Å². The second kappa shape index (κ2) is 14.8. The molecule has 4 aromatic rings. The number of benzene rings is 4. The summed E-state index contributed by atoms with van der Waals surface area (Å²) in [6.07, 6.45) is -3.56. The molecule has 47 heavy (non-hydrogen) atoms. The van der Waals surface area contributed by atoms with Crippen molar-refractivity contribution in [1.29, 1.82) is 0 Å². The average Bonchev–Trinajstić information content (AvgIpc) is 3.07. The lowest BCUT2D eigenvalue weighted by Crippen LogP contribution is -2.47. The molecule has 0 aliphatic carbocycles. The van der Waals surface area contributed by atoms with Crippen LogP contribution in [-0.2, 0) is 15.7 Å². The lowest BCUT2D eigenvalue weighted by atomic mass is 10.1. The first-order valence-corrected chi connectivity index (χ1v) is 17.5. The zero-order valence-corrected chi connectivity index (χ0v) is 28.1. The van der Waals surface area contributed by atoms with E-state index in [0.717, 1.165) is 76.0 Å². The van der Waals surface area contributed by atoms with Gasteiger partial charge < -0.3 is 19.3 Å². The second-order valence-corrected chi connectivity index (χ2v) is 14.2. The molecule has 2 aliphatic rings. The highest BCUT2D eigenvalue weighted by Gasteiger charge is 2.33. The predicted molar refractivity (Wildman–Crippen MR) is 183 cm³/mol. The van der Waals surface area contributed by atoms with E-state index in [9.17, 15) is 18.0 Å². The van der Waals surface area contributed by atoms with Crippen LogP contribution in [0, 0.1) is 0 Å². The Hall–Kier alpha value is -3.38. The highest BCUT2D eigenvalue weighted by Crippen LogP contribution is 2.49. The van der Waals surface area contributed by atoms with Crippen molar-refractivity contribution in [2.45, 2.75) is 39.5 Å². The number of hydrogen-bond donors (Lipinski definition) is 0. The maximum Gasteiger partial charge on any atom is 0.416 e. The molecule has 0 saturated carbocycles. The first-order valence-electron chi connectivity index (χ1n) is 15.8. The number of methoxy groups -OCH3 is 1. The molecule has 6 rings (SSSR count). The van der Waals surface area contributed by atoms with Gasteiger partial charge in [-0.1, -0.05) is 48.2 Å². The van der Waals surface area contributed by atoms with Crippen molar-refractivity contribution in [3.8, 4) is 5.75 Å². The highest BCUT2D eigenvalue weighted by atomic mass is 32.2. The first kappa shape index (κ1) is 33.5. The molecule has 0 spiro atoms. The summed E-state index contributed by atoms with van der Waals surface area (Å²) in [5.41, 5.74) is 0.946. The van der Waals surface area contributed by atoms with E-state index >= 15 is 0 Å². The summed E-state index contributed by atoms with van der Waals surface area (Å²) in [6, 6.07) is 24.0. The third-order valence-electron chi connectivity index (χ3n) is 8.59. The number of esters is 1. The van der Waals surface area contributed by atoms with Crippen molar-refractivity contribution in [3.63, 3.8) is 0 Å². The van der Waals surface area contributed by atoms with Crippen LogP contribution in [0.2, 0.25) is 0 Å².